The SMILES string of the molecule is COc1cccc(C[C@]2(C3CCN(Cc4ccc(-c5ccco5)cc4)CC3)NC(=O)N(C)C2=O)c1. The molecule has 2 fully saturated rings. The molecule has 0 saturated carbocycles. The first-order valence-corrected chi connectivity index (χ1v) is 12.1. The Labute approximate surface area is 205 Å². The average molecular weight is 474 g/mol. The van der Waals surface area contributed by atoms with Crippen molar-refractivity contribution in [1.29, 1.82) is 0 Å². The predicted octanol–water partition coefficient (Wildman–Crippen LogP) is 4.33. The fourth-order valence-corrected chi connectivity index (χ4v) is 5.42. The molecule has 1 atom stereocenters. The van der Waals surface area contributed by atoms with E-state index in [1.165, 1.54) is 10.5 Å². The lowest BCUT2D eigenvalue weighted by Gasteiger charge is -2.41. The number of urea groups is 1. The van der Waals surface area contributed by atoms with Crippen LogP contribution < -0.4 is 10.1 Å². The third kappa shape index (κ3) is 4.56. The van der Waals surface area contributed by atoms with Crippen LogP contribution >= 0.6 is 0 Å². The Bertz CT molecular complexity index is 1180. The van der Waals surface area contributed by atoms with E-state index >= 15 is 0 Å². The number of likely N-dealkylation sites (N-methyl/N-ethyl adjacent to an activating group) is 1. The van der Waals surface area contributed by atoms with Gasteiger partial charge in [-0.15, -0.1) is 0 Å². The van der Waals surface area contributed by atoms with E-state index in [4.69, 9.17) is 9.15 Å². The fourth-order valence-electron chi connectivity index (χ4n) is 5.42. The van der Waals surface area contributed by atoms with Gasteiger partial charge in [0.15, 0.2) is 0 Å². The van der Waals surface area contributed by atoms with Gasteiger partial charge in [-0.3, -0.25) is 14.6 Å². The number of piperidine rings is 1. The molecule has 0 spiro atoms. The van der Waals surface area contributed by atoms with Gasteiger partial charge in [-0.05, 0) is 67.2 Å². The van der Waals surface area contributed by atoms with Gasteiger partial charge in [-0.25, -0.2) is 4.79 Å². The van der Waals surface area contributed by atoms with Crippen LogP contribution in [-0.2, 0) is 17.8 Å². The number of hydrogen-bond donors (Lipinski definition) is 1. The van der Waals surface area contributed by atoms with Crippen LogP contribution in [0.4, 0.5) is 4.79 Å². The molecule has 2 aliphatic rings. The molecule has 1 N–H and O–H groups in total. The van der Waals surface area contributed by atoms with Crippen LogP contribution in [0, 0.1) is 5.92 Å². The zero-order valence-electron chi connectivity index (χ0n) is 20.2. The van der Waals surface area contributed by atoms with Gasteiger partial charge in [0.05, 0.1) is 13.4 Å². The molecule has 3 amide bonds. The zero-order valence-corrected chi connectivity index (χ0v) is 20.2. The summed E-state index contributed by atoms with van der Waals surface area (Å²) in [5, 5.41) is 3.08. The average Bonchev–Trinajstić information content (AvgIpc) is 3.50. The topological polar surface area (TPSA) is 75.0 Å². The number of imide groups is 1. The number of furan rings is 1. The molecule has 7 heteroatoms. The zero-order chi connectivity index (χ0) is 24.4. The highest BCUT2D eigenvalue weighted by atomic mass is 16.5. The third-order valence-electron chi connectivity index (χ3n) is 7.39. The molecule has 2 aliphatic heterocycles. The summed E-state index contributed by atoms with van der Waals surface area (Å²) in [6, 6.07) is 19.7. The van der Waals surface area contributed by atoms with Gasteiger partial charge >= 0.3 is 6.03 Å². The van der Waals surface area contributed by atoms with Crippen LogP contribution in [0.15, 0.2) is 71.3 Å². The van der Waals surface area contributed by atoms with Crippen molar-refractivity contribution in [3.05, 3.63) is 78.1 Å². The Morgan fingerprint density at radius 1 is 1.03 bits per heavy atom. The van der Waals surface area contributed by atoms with Gasteiger partial charge in [-0.1, -0.05) is 36.4 Å². The molecule has 0 bridgehead atoms. The fraction of sp³-hybridized carbons (Fsp3) is 0.357. The summed E-state index contributed by atoms with van der Waals surface area (Å²) in [6.07, 6.45) is 3.82. The van der Waals surface area contributed by atoms with Crippen molar-refractivity contribution in [2.24, 2.45) is 5.92 Å². The number of carbonyl (C=O) groups excluding carboxylic acids is 2. The Hall–Kier alpha value is -3.58. The summed E-state index contributed by atoms with van der Waals surface area (Å²) in [4.78, 5) is 29.6. The molecule has 3 heterocycles. The lowest BCUT2D eigenvalue weighted by Crippen LogP contribution is -2.57. The van der Waals surface area contributed by atoms with Crippen LogP contribution in [0.25, 0.3) is 11.3 Å². The number of hydrogen-bond acceptors (Lipinski definition) is 5. The Kier molecular flexibility index (Phi) is 6.34. The molecule has 182 valence electrons. The summed E-state index contributed by atoms with van der Waals surface area (Å²) >= 11 is 0. The van der Waals surface area contributed by atoms with Crippen LogP contribution in [0.1, 0.15) is 24.0 Å². The van der Waals surface area contributed by atoms with Crippen LogP contribution in [-0.4, -0.2) is 54.5 Å². The van der Waals surface area contributed by atoms with E-state index in [0.29, 0.717) is 6.42 Å². The van der Waals surface area contributed by atoms with Gasteiger partial charge in [-0.2, -0.15) is 0 Å². The van der Waals surface area contributed by atoms with E-state index < -0.39 is 5.54 Å². The smallest absolute Gasteiger partial charge is 0.324 e. The number of benzene rings is 2. The van der Waals surface area contributed by atoms with Gasteiger partial charge in [0.1, 0.15) is 17.0 Å². The molecule has 1 aromatic heterocycles. The van der Waals surface area contributed by atoms with Crippen molar-refractivity contribution in [2.75, 3.05) is 27.2 Å². The summed E-state index contributed by atoms with van der Waals surface area (Å²) in [7, 11) is 3.19. The number of carbonyl (C=O) groups is 2. The van der Waals surface area contributed by atoms with Crippen molar-refractivity contribution in [1.82, 2.24) is 15.1 Å². The Balaban J connectivity index is 1.28. The quantitative estimate of drug-likeness (QED) is 0.517. The molecule has 2 aromatic carbocycles. The second-order valence-electron chi connectivity index (χ2n) is 9.52. The number of nitrogens with zero attached hydrogens (tertiary/aromatic N) is 2. The minimum Gasteiger partial charge on any atom is -0.497 e. The van der Waals surface area contributed by atoms with E-state index in [-0.39, 0.29) is 17.9 Å². The lowest BCUT2D eigenvalue weighted by atomic mass is 9.74. The van der Waals surface area contributed by atoms with E-state index in [9.17, 15) is 9.59 Å². The maximum Gasteiger partial charge on any atom is 0.324 e. The summed E-state index contributed by atoms with van der Waals surface area (Å²) in [6.45, 7) is 2.60. The maximum absolute atomic E-state index is 13.4. The van der Waals surface area contributed by atoms with Gasteiger partial charge in [0, 0.05) is 25.6 Å². The number of nitrogens with one attached hydrogen (secondary N) is 1. The minimum atomic E-state index is -0.922. The highest BCUT2D eigenvalue weighted by Gasteiger charge is 2.54. The first kappa shape index (κ1) is 23.2. The van der Waals surface area contributed by atoms with Crippen molar-refractivity contribution >= 4 is 11.9 Å². The third-order valence-corrected chi connectivity index (χ3v) is 7.39. The van der Waals surface area contributed by atoms with Gasteiger partial charge < -0.3 is 14.5 Å². The second kappa shape index (κ2) is 9.58. The van der Waals surface area contributed by atoms with Gasteiger partial charge in [0.25, 0.3) is 5.91 Å². The van der Waals surface area contributed by atoms with Crippen molar-refractivity contribution in [2.45, 2.75) is 31.3 Å². The first-order chi connectivity index (χ1) is 17.0. The molecule has 7 nitrogen and oxygen atoms in total. The Morgan fingerprint density at radius 3 is 2.43 bits per heavy atom. The van der Waals surface area contributed by atoms with E-state index in [0.717, 1.165) is 55.1 Å². The molecule has 3 aromatic rings. The summed E-state index contributed by atoms with van der Waals surface area (Å²) < 4.78 is 10.9. The maximum atomic E-state index is 13.4. The molecular weight excluding hydrogens is 442 g/mol. The standard InChI is InChI=1S/C28H31N3O4/c1-30-26(32)28(29-27(30)33,18-21-5-3-6-24(17-21)34-2)23-12-14-31(15-13-23)19-20-8-10-22(11-9-20)25-7-4-16-35-25/h3-11,16-17,23H,12-15,18-19H2,1-2H3,(H,29,33)/t28-/m1/s1. The largest absolute Gasteiger partial charge is 0.497 e. The lowest BCUT2D eigenvalue weighted by molar-refractivity contribution is -0.133. The van der Waals surface area contributed by atoms with Crippen LogP contribution in [0.2, 0.25) is 0 Å². The first-order valence-electron chi connectivity index (χ1n) is 12.1. The van der Waals surface area contributed by atoms with Crippen molar-refractivity contribution < 1.29 is 18.7 Å². The number of ether oxygens (including phenoxy) is 1. The second-order valence-corrected chi connectivity index (χ2v) is 9.52. The predicted molar refractivity (Wildman–Crippen MR) is 133 cm³/mol. The summed E-state index contributed by atoms with van der Waals surface area (Å²) in [5.41, 5.74) is 2.37. The van der Waals surface area contributed by atoms with E-state index in [1.54, 1.807) is 20.4 Å². The molecule has 35 heavy (non-hydrogen) atoms. The van der Waals surface area contributed by atoms with E-state index in [2.05, 4.69) is 34.5 Å². The van der Waals surface area contributed by atoms with Crippen molar-refractivity contribution in [3.8, 4) is 17.1 Å². The monoisotopic (exact) mass is 473 g/mol. The molecular formula is C28H31N3O4. The normalized spacial score (nSPS) is 21.4. The number of likely N-dealkylation sites (tertiary alicyclic amines) is 1. The Morgan fingerprint density at radius 2 is 1.80 bits per heavy atom. The van der Waals surface area contributed by atoms with Crippen LogP contribution in [0.5, 0.6) is 5.75 Å². The molecule has 0 unspecified atom stereocenters. The highest BCUT2D eigenvalue weighted by Crippen LogP contribution is 2.37. The molecule has 5 rings (SSSR count). The van der Waals surface area contributed by atoms with E-state index in [1.807, 2.05) is 36.4 Å². The highest BCUT2D eigenvalue weighted by molar-refractivity contribution is 6.07. The number of methoxy groups -OCH3 is 1. The van der Waals surface area contributed by atoms with Crippen LogP contribution in [0.3, 0.4) is 0 Å². The summed E-state index contributed by atoms with van der Waals surface area (Å²) in [5.74, 6) is 1.53. The van der Waals surface area contributed by atoms with Gasteiger partial charge in [0.2, 0.25) is 0 Å². The molecule has 0 radical (unpaired) electrons. The molecule has 0 aliphatic carbocycles. The number of rotatable bonds is 7. The number of amides is 3. The van der Waals surface area contributed by atoms with Crippen molar-refractivity contribution in [3.63, 3.8) is 0 Å². The molecule has 2 saturated heterocycles. The minimum absolute atomic E-state index is 0.0627.